The molecule has 0 saturated heterocycles. The molecule has 1 saturated carbocycles. The van der Waals surface area contributed by atoms with Gasteiger partial charge in [-0.3, -0.25) is 4.79 Å². The van der Waals surface area contributed by atoms with Gasteiger partial charge in [0.05, 0.1) is 6.61 Å². The third-order valence-corrected chi connectivity index (χ3v) is 4.35. The molecule has 0 radical (unpaired) electrons. The molecule has 3 nitrogen and oxygen atoms in total. The zero-order chi connectivity index (χ0) is 19.0. The van der Waals surface area contributed by atoms with E-state index in [9.17, 15) is 4.79 Å². The number of hydrogen-bond donors (Lipinski definition) is 1. The summed E-state index contributed by atoms with van der Waals surface area (Å²) in [7, 11) is 0. The average molecular weight is 359 g/mol. The second-order valence-electron chi connectivity index (χ2n) is 6.78. The Morgan fingerprint density at radius 1 is 1.23 bits per heavy atom. The summed E-state index contributed by atoms with van der Waals surface area (Å²) in [5.74, 6) is 1.12. The fourth-order valence-electron chi connectivity index (χ4n) is 2.93. The third-order valence-electron chi connectivity index (χ3n) is 4.35. The molecule has 0 aromatic heterocycles. The van der Waals surface area contributed by atoms with Crippen molar-refractivity contribution in [2.24, 2.45) is 5.92 Å². The van der Waals surface area contributed by atoms with Crippen molar-refractivity contribution >= 4 is 5.97 Å². The summed E-state index contributed by atoms with van der Waals surface area (Å²) in [4.78, 5) is 9.94. The minimum Gasteiger partial charge on any atom is -0.493 e. The fraction of sp³-hybridized carbons (Fsp3) is 0.522. The lowest BCUT2D eigenvalue weighted by Crippen LogP contribution is -1.96. The van der Waals surface area contributed by atoms with Crippen LogP contribution in [0.15, 0.2) is 48.6 Å². The molecule has 0 amide bonds. The molecule has 0 aliphatic heterocycles. The Bertz CT molecular complexity index is 554. The van der Waals surface area contributed by atoms with Crippen LogP contribution in [-0.2, 0) is 4.79 Å². The number of aliphatic carboxylic acids is 1. The molecule has 0 bridgehead atoms. The Balaban J connectivity index is 0.000000321. The zero-order valence-electron chi connectivity index (χ0n) is 16.3. The minimum absolute atomic E-state index is 0.282. The van der Waals surface area contributed by atoms with E-state index in [1.807, 2.05) is 31.2 Å². The van der Waals surface area contributed by atoms with E-state index in [1.165, 1.54) is 31.2 Å². The molecule has 0 spiro atoms. The molecule has 144 valence electrons. The summed E-state index contributed by atoms with van der Waals surface area (Å²) < 4.78 is 5.70. The number of carbonyl (C=O) groups is 1. The summed E-state index contributed by atoms with van der Waals surface area (Å²) >= 11 is 0. The molecule has 3 heteroatoms. The van der Waals surface area contributed by atoms with Crippen LogP contribution in [-0.4, -0.2) is 17.7 Å². The van der Waals surface area contributed by atoms with Crippen molar-refractivity contribution in [2.75, 3.05) is 6.61 Å². The van der Waals surface area contributed by atoms with Gasteiger partial charge < -0.3 is 9.84 Å². The number of allylic oxidation sites excluding steroid dienone is 3. The number of carboxylic acids is 1. The van der Waals surface area contributed by atoms with Crippen molar-refractivity contribution in [3.63, 3.8) is 0 Å². The van der Waals surface area contributed by atoms with E-state index in [0.29, 0.717) is 0 Å². The summed E-state index contributed by atoms with van der Waals surface area (Å²) in [6, 6.07) is 8.24. The van der Waals surface area contributed by atoms with E-state index in [2.05, 4.69) is 31.2 Å². The largest absolute Gasteiger partial charge is 0.493 e. The summed E-state index contributed by atoms with van der Waals surface area (Å²) in [6.45, 7) is 4.81. The number of hydrogen-bond acceptors (Lipinski definition) is 2. The van der Waals surface area contributed by atoms with Crippen LogP contribution < -0.4 is 4.74 Å². The van der Waals surface area contributed by atoms with Crippen molar-refractivity contribution in [2.45, 2.75) is 65.2 Å². The van der Waals surface area contributed by atoms with Crippen molar-refractivity contribution < 1.29 is 14.6 Å². The first-order chi connectivity index (χ1) is 12.6. The number of ether oxygens (including phenoxy) is 1. The second kappa shape index (κ2) is 14.2. The van der Waals surface area contributed by atoms with Crippen LogP contribution in [0.5, 0.6) is 5.75 Å². The standard InChI is InChI=1S/C16H22O.C7H12O2/c1-14-7-6-11-16(13-14)17-12-5-4-10-15-8-2-3-9-15;1-2-3-4-5-6-7(8)9/h4,6-7,10-11,13,15H,2-3,5,8-9,12H2,1H3;2-3H,4-6H2,1H3,(H,8,9)/b10-4+;3-2-. The maximum atomic E-state index is 9.94. The first-order valence-electron chi connectivity index (χ1n) is 9.81. The van der Waals surface area contributed by atoms with Crippen molar-refractivity contribution in [3.8, 4) is 5.75 Å². The van der Waals surface area contributed by atoms with Gasteiger partial charge in [-0.2, -0.15) is 0 Å². The first-order valence-corrected chi connectivity index (χ1v) is 9.81. The molecule has 1 aromatic rings. The number of carboxylic acid groups (broad SMARTS) is 1. The first kappa shape index (κ1) is 22.0. The van der Waals surface area contributed by atoms with Gasteiger partial charge in [0.15, 0.2) is 0 Å². The summed E-state index contributed by atoms with van der Waals surface area (Å²) in [5.41, 5.74) is 1.25. The van der Waals surface area contributed by atoms with E-state index in [-0.39, 0.29) is 6.42 Å². The summed E-state index contributed by atoms with van der Waals surface area (Å²) in [6.07, 6.45) is 17.1. The Kier molecular flexibility index (Phi) is 12.0. The topological polar surface area (TPSA) is 46.5 Å². The van der Waals surface area contributed by atoms with Gasteiger partial charge in [0, 0.05) is 6.42 Å². The molecule has 1 aliphatic rings. The highest BCUT2D eigenvalue weighted by Gasteiger charge is 2.10. The number of aryl methyl sites for hydroxylation is 1. The quantitative estimate of drug-likeness (QED) is 0.414. The maximum Gasteiger partial charge on any atom is 0.303 e. The second-order valence-corrected chi connectivity index (χ2v) is 6.78. The molecule has 0 atom stereocenters. The van der Waals surface area contributed by atoms with Crippen LogP contribution in [0, 0.1) is 12.8 Å². The highest BCUT2D eigenvalue weighted by atomic mass is 16.5. The lowest BCUT2D eigenvalue weighted by atomic mass is 10.1. The van der Waals surface area contributed by atoms with Crippen LogP contribution in [0.1, 0.15) is 63.9 Å². The predicted octanol–water partition coefficient (Wildman–Crippen LogP) is 6.33. The Hall–Kier alpha value is -2.03. The van der Waals surface area contributed by atoms with Gasteiger partial charge >= 0.3 is 5.97 Å². The molecule has 1 aromatic carbocycles. The molecule has 1 aliphatic carbocycles. The van der Waals surface area contributed by atoms with Gasteiger partial charge in [-0.25, -0.2) is 0 Å². The molecule has 1 N–H and O–H groups in total. The van der Waals surface area contributed by atoms with Crippen LogP contribution in [0.2, 0.25) is 0 Å². The Labute approximate surface area is 158 Å². The van der Waals surface area contributed by atoms with Crippen LogP contribution in [0.25, 0.3) is 0 Å². The number of rotatable bonds is 9. The molecule has 0 heterocycles. The van der Waals surface area contributed by atoms with Gasteiger partial charge in [0.25, 0.3) is 0 Å². The molecular formula is C23H34O3. The summed E-state index contributed by atoms with van der Waals surface area (Å²) in [5, 5.41) is 8.19. The average Bonchev–Trinajstić information content (AvgIpc) is 3.12. The molecule has 0 unspecified atom stereocenters. The van der Waals surface area contributed by atoms with Gasteiger partial charge in [-0.05, 0) is 69.6 Å². The monoisotopic (exact) mass is 358 g/mol. The highest BCUT2D eigenvalue weighted by Crippen LogP contribution is 2.25. The fourth-order valence-corrected chi connectivity index (χ4v) is 2.93. The third kappa shape index (κ3) is 11.5. The molecule has 2 rings (SSSR count). The predicted molar refractivity (Wildman–Crippen MR) is 109 cm³/mol. The van der Waals surface area contributed by atoms with E-state index in [4.69, 9.17) is 9.84 Å². The Morgan fingerprint density at radius 3 is 2.65 bits per heavy atom. The van der Waals surface area contributed by atoms with E-state index in [1.54, 1.807) is 0 Å². The number of benzene rings is 1. The minimum atomic E-state index is -0.709. The van der Waals surface area contributed by atoms with Crippen molar-refractivity contribution in [3.05, 3.63) is 54.1 Å². The van der Waals surface area contributed by atoms with Crippen LogP contribution >= 0.6 is 0 Å². The maximum absolute atomic E-state index is 9.94. The van der Waals surface area contributed by atoms with E-state index in [0.717, 1.165) is 37.5 Å². The lowest BCUT2D eigenvalue weighted by molar-refractivity contribution is -0.137. The van der Waals surface area contributed by atoms with Gasteiger partial charge in [-0.15, -0.1) is 0 Å². The molecule has 1 fully saturated rings. The van der Waals surface area contributed by atoms with Gasteiger partial charge in [-0.1, -0.05) is 49.3 Å². The SMILES string of the molecule is C/C=C\CCCC(=O)O.Cc1cccc(OCC/C=C/C2CCCC2)c1. The van der Waals surface area contributed by atoms with Gasteiger partial charge in [0.2, 0.25) is 0 Å². The van der Waals surface area contributed by atoms with Crippen molar-refractivity contribution in [1.82, 2.24) is 0 Å². The van der Waals surface area contributed by atoms with E-state index < -0.39 is 5.97 Å². The van der Waals surface area contributed by atoms with Crippen LogP contribution in [0.3, 0.4) is 0 Å². The van der Waals surface area contributed by atoms with Gasteiger partial charge in [0.1, 0.15) is 5.75 Å². The normalized spacial score (nSPS) is 14.5. The molecule has 26 heavy (non-hydrogen) atoms. The number of unbranched alkanes of at least 4 members (excludes halogenated alkanes) is 1. The van der Waals surface area contributed by atoms with E-state index >= 15 is 0 Å². The van der Waals surface area contributed by atoms with Crippen molar-refractivity contribution in [1.29, 1.82) is 0 Å². The Morgan fingerprint density at radius 2 is 2.00 bits per heavy atom. The highest BCUT2D eigenvalue weighted by molar-refractivity contribution is 5.66. The molecular weight excluding hydrogens is 324 g/mol. The lowest BCUT2D eigenvalue weighted by Gasteiger charge is -2.05. The smallest absolute Gasteiger partial charge is 0.303 e. The van der Waals surface area contributed by atoms with Crippen LogP contribution in [0.4, 0.5) is 0 Å². The zero-order valence-corrected chi connectivity index (χ0v) is 16.3.